The zero-order valence-corrected chi connectivity index (χ0v) is 10.3. The molecule has 92 valence electrons. The van der Waals surface area contributed by atoms with Gasteiger partial charge in [-0.05, 0) is 31.9 Å². The maximum Gasteiger partial charge on any atom is 0.318 e. The molecule has 1 amide bonds. The fourth-order valence-corrected chi connectivity index (χ4v) is 1.30. The molecule has 0 spiro atoms. The fourth-order valence-electron chi connectivity index (χ4n) is 1.30. The van der Waals surface area contributed by atoms with Gasteiger partial charge in [0.2, 0.25) is 5.91 Å². The summed E-state index contributed by atoms with van der Waals surface area (Å²) in [7, 11) is 0. The van der Waals surface area contributed by atoms with Crippen LogP contribution in [-0.2, 0) is 16.1 Å². The van der Waals surface area contributed by atoms with Crippen molar-refractivity contribution in [3.8, 4) is 0 Å². The zero-order valence-electron chi connectivity index (χ0n) is 10.3. The van der Waals surface area contributed by atoms with Crippen LogP contribution in [0.3, 0.4) is 0 Å². The lowest BCUT2D eigenvalue weighted by Crippen LogP contribution is -2.42. The first-order valence-corrected chi connectivity index (χ1v) is 5.42. The van der Waals surface area contributed by atoms with E-state index in [1.165, 1.54) is 13.8 Å². The van der Waals surface area contributed by atoms with Crippen molar-refractivity contribution in [3.05, 3.63) is 35.4 Å². The third-order valence-electron chi connectivity index (χ3n) is 2.80. The highest BCUT2D eigenvalue weighted by Gasteiger charge is 2.35. The van der Waals surface area contributed by atoms with Gasteiger partial charge in [0, 0.05) is 6.54 Å². The largest absolute Gasteiger partial charge is 0.480 e. The van der Waals surface area contributed by atoms with Crippen LogP contribution in [0.4, 0.5) is 0 Å². The SMILES string of the molecule is Cc1ccccc1CNC(=O)C(C)(C)C(=O)O. The number of aryl methyl sites for hydroxylation is 1. The second-order valence-corrected chi connectivity index (χ2v) is 4.54. The van der Waals surface area contributed by atoms with Crippen LogP contribution >= 0.6 is 0 Å². The molecule has 2 N–H and O–H groups in total. The zero-order chi connectivity index (χ0) is 13.1. The van der Waals surface area contributed by atoms with Crippen molar-refractivity contribution in [2.75, 3.05) is 0 Å². The molecule has 0 aromatic heterocycles. The summed E-state index contributed by atoms with van der Waals surface area (Å²) in [6.45, 7) is 5.08. The number of hydrogen-bond donors (Lipinski definition) is 2. The van der Waals surface area contributed by atoms with Crippen molar-refractivity contribution in [1.29, 1.82) is 0 Å². The fraction of sp³-hybridized carbons (Fsp3) is 0.385. The van der Waals surface area contributed by atoms with E-state index >= 15 is 0 Å². The molecule has 0 atom stereocenters. The number of amides is 1. The lowest BCUT2D eigenvalue weighted by molar-refractivity contribution is -0.153. The predicted octanol–water partition coefficient (Wildman–Crippen LogP) is 1.72. The molecule has 4 heteroatoms. The van der Waals surface area contributed by atoms with Crippen molar-refractivity contribution in [3.63, 3.8) is 0 Å². The number of aliphatic carboxylic acids is 1. The molecule has 0 aliphatic rings. The Bertz CT molecular complexity index is 438. The van der Waals surface area contributed by atoms with Gasteiger partial charge in [0.25, 0.3) is 0 Å². The number of hydrogen-bond acceptors (Lipinski definition) is 2. The van der Waals surface area contributed by atoms with Gasteiger partial charge in [0.1, 0.15) is 5.41 Å². The van der Waals surface area contributed by atoms with Crippen molar-refractivity contribution < 1.29 is 14.7 Å². The lowest BCUT2D eigenvalue weighted by Gasteiger charge is -2.18. The van der Waals surface area contributed by atoms with Gasteiger partial charge in [-0.3, -0.25) is 9.59 Å². The Morgan fingerprint density at radius 1 is 1.29 bits per heavy atom. The summed E-state index contributed by atoms with van der Waals surface area (Å²) in [5.74, 6) is -1.60. The molecule has 0 aliphatic heterocycles. The van der Waals surface area contributed by atoms with Gasteiger partial charge in [-0.1, -0.05) is 24.3 Å². The molecule has 0 heterocycles. The lowest BCUT2D eigenvalue weighted by atomic mass is 9.92. The van der Waals surface area contributed by atoms with E-state index in [2.05, 4.69) is 5.32 Å². The first-order valence-electron chi connectivity index (χ1n) is 5.42. The van der Waals surface area contributed by atoms with E-state index in [1.807, 2.05) is 31.2 Å². The Morgan fingerprint density at radius 3 is 2.41 bits per heavy atom. The summed E-state index contributed by atoms with van der Waals surface area (Å²) in [5.41, 5.74) is 0.658. The molecule has 4 nitrogen and oxygen atoms in total. The van der Waals surface area contributed by atoms with Gasteiger partial charge in [-0.15, -0.1) is 0 Å². The van der Waals surface area contributed by atoms with Gasteiger partial charge in [0.05, 0.1) is 0 Å². The van der Waals surface area contributed by atoms with Crippen molar-refractivity contribution in [1.82, 2.24) is 5.32 Å². The summed E-state index contributed by atoms with van der Waals surface area (Å²) in [4.78, 5) is 22.6. The first-order chi connectivity index (χ1) is 7.85. The number of carbonyl (C=O) groups excluding carboxylic acids is 1. The van der Waals surface area contributed by atoms with Crippen LogP contribution in [0.1, 0.15) is 25.0 Å². The molecule has 0 saturated heterocycles. The molecule has 0 bridgehead atoms. The van der Waals surface area contributed by atoms with Crippen LogP contribution in [0, 0.1) is 12.3 Å². The molecule has 0 unspecified atom stereocenters. The smallest absolute Gasteiger partial charge is 0.318 e. The van der Waals surface area contributed by atoms with Crippen molar-refractivity contribution in [2.24, 2.45) is 5.41 Å². The molecule has 1 rings (SSSR count). The minimum Gasteiger partial charge on any atom is -0.480 e. The summed E-state index contributed by atoms with van der Waals surface area (Å²) in [5, 5.41) is 11.5. The van der Waals surface area contributed by atoms with Crippen LogP contribution in [0.15, 0.2) is 24.3 Å². The van der Waals surface area contributed by atoms with E-state index in [1.54, 1.807) is 0 Å². The molecular formula is C13H17NO3. The molecule has 0 aliphatic carbocycles. The highest BCUT2D eigenvalue weighted by Crippen LogP contribution is 2.15. The first kappa shape index (κ1) is 13.2. The highest BCUT2D eigenvalue weighted by atomic mass is 16.4. The van der Waals surface area contributed by atoms with Gasteiger partial charge in [0.15, 0.2) is 0 Å². The number of carbonyl (C=O) groups is 2. The van der Waals surface area contributed by atoms with E-state index < -0.39 is 17.3 Å². The van der Waals surface area contributed by atoms with E-state index in [9.17, 15) is 9.59 Å². The third-order valence-corrected chi connectivity index (χ3v) is 2.80. The van der Waals surface area contributed by atoms with Crippen LogP contribution in [0.5, 0.6) is 0 Å². The van der Waals surface area contributed by atoms with Gasteiger partial charge < -0.3 is 10.4 Å². The molecule has 17 heavy (non-hydrogen) atoms. The highest BCUT2D eigenvalue weighted by molar-refractivity contribution is 6.00. The number of rotatable bonds is 4. The normalized spacial score (nSPS) is 11.0. The maximum absolute atomic E-state index is 11.7. The molecule has 1 aromatic carbocycles. The average molecular weight is 235 g/mol. The van der Waals surface area contributed by atoms with Crippen LogP contribution in [0.25, 0.3) is 0 Å². The summed E-state index contributed by atoms with van der Waals surface area (Å²) >= 11 is 0. The number of carboxylic acid groups (broad SMARTS) is 1. The molecule has 0 radical (unpaired) electrons. The number of carboxylic acids is 1. The summed E-state index contributed by atoms with van der Waals surface area (Å²) in [6, 6.07) is 7.66. The minimum atomic E-state index is -1.40. The quantitative estimate of drug-likeness (QED) is 0.781. The Hall–Kier alpha value is -1.84. The van der Waals surface area contributed by atoms with Gasteiger partial charge in [-0.25, -0.2) is 0 Å². The van der Waals surface area contributed by atoms with Crippen molar-refractivity contribution >= 4 is 11.9 Å². The average Bonchev–Trinajstić information content (AvgIpc) is 2.27. The topological polar surface area (TPSA) is 66.4 Å². The Labute approximate surface area is 101 Å². The molecule has 1 aromatic rings. The minimum absolute atomic E-state index is 0.349. The molecular weight excluding hydrogens is 218 g/mol. The molecule has 0 saturated carbocycles. The predicted molar refractivity (Wildman–Crippen MR) is 64.4 cm³/mol. The monoisotopic (exact) mass is 235 g/mol. The Balaban J connectivity index is 2.67. The maximum atomic E-state index is 11.7. The summed E-state index contributed by atoms with van der Waals surface area (Å²) in [6.07, 6.45) is 0. The molecule has 0 fully saturated rings. The van der Waals surface area contributed by atoms with Crippen molar-refractivity contribution in [2.45, 2.75) is 27.3 Å². The van der Waals surface area contributed by atoms with Crippen LogP contribution in [-0.4, -0.2) is 17.0 Å². The summed E-state index contributed by atoms with van der Waals surface area (Å²) < 4.78 is 0. The van der Waals surface area contributed by atoms with Crippen LogP contribution < -0.4 is 5.32 Å². The standard InChI is InChI=1S/C13H17NO3/c1-9-6-4-5-7-10(9)8-14-11(15)13(2,3)12(16)17/h4-7H,8H2,1-3H3,(H,14,15)(H,16,17). The van der Waals surface area contributed by atoms with Gasteiger partial charge in [-0.2, -0.15) is 0 Å². The van der Waals surface area contributed by atoms with E-state index in [-0.39, 0.29) is 0 Å². The second-order valence-electron chi connectivity index (χ2n) is 4.54. The second kappa shape index (κ2) is 4.99. The number of benzene rings is 1. The van der Waals surface area contributed by atoms with E-state index in [4.69, 9.17) is 5.11 Å². The van der Waals surface area contributed by atoms with Gasteiger partial charge >= 0.3 is 5.97 Å². The Kier molecular flexibility index (Phi) is 3.89. The van der Waals surface area contributed by atoms with Crippen LogP contribution in [0.2, 0.25) is 0 Å². The number of nitrogens with one attached hydrogen (secondary N) is 1. The van der Waals surface area contributed by atoms with E-state index in [0.29, 0.717) is 6.54 Å². The third kappa shape index (κ3) is 3.06. The van der Waals surface area contributed by atoms with E-state index in [0.717, 1.165) is 11.1 Å². The Morgan fingerprint density at radius 2 is 1.88 bits per heavy atom.